The highest BCUT2D eigenvalue weighted by atomic mass is 127. The van der Waals surface area contributed by atoms with Crippen LogP contribution in [-0.4, -0.2) is 74.8 Å². The van der Waals surface area contributed by atoms with E-state index in [9.17, 15) is 0 Å². The minimum atomic E-state index is 0. The zero-order valence-corrected chi connectivity index (χ0v) is 27.5. The summed E-state index contributed by atoms with van der Waals surface area (Å²) in [6.07, 6.45) is 16.9. The van der Waals surface area contributed by atoms with Gasteiger partial charge in [-0.15, -0.1) is 48.0 Å². The predicted octanol–water partition coefficient (Wildman–Crippen LogP) is 8.48. The first kappa shape index (κ1) is 36.6. The van der Waals surface area contributed by atoms with Crippen molar-refractivity contribution in [3.63, 3.8) is 0 Å². The van der Waals surface area contributed by atoms with E-state index >= 15 is 0 Å². The van der Waals surface area contributed by atoms with Crippen LogP contribution < -0.4 is 0 Å². The van der Waals surface area contributed by atoms with Crippen LogP contribution >= 0.6 is 69.5 Å². The minimum Gasteiger partial charge on any atom is -0.328 e. The molecule has 0 bridgehead atoms. The van der Waals surface area contributed by atoms with Gasteiger partial charge in [0, 0.05) is 0 Å². The second-order valence-corrected chi connectivity index (χ2v) is 12.6. The third kappa shape index (κ3) is 26.3. The molecule has 0 rings (SSSR count). The van der Waals surface area contributed by atoms with Crippen molar-refractivity contribution in [2.24, 2.45) is 0 Å². The van der Waals surface area contributed by atoms with Crippen LogP contribution in [0.5, 0.6) is 0 Å². The first-order valence-electron chi connectivity index (χ1n) is 12.2. The van der Waals surface area contributed by atoms with Crippen LogP contribution in [0.3, 0.4) is 0 Å². The number of unbranched alkanes of at least 4 members (excludes halogenated alkanes) is 10. The van der Waals surface area contributed by atoms with Crippen molar-refractivity contribution in [2.75, 3.05) is 65.9 Å². The Morgan fingerprint density at radius 1 is 0.433 bits per heavy atom. The first-order valence-corrected chi connectivity index (χ1v) is 14.7. The molecule has 0 saturated heterocycles. The number of nitrogens with zero attached hydrogens (tertiary/aromatic N) is 2. The molecule has 0 amide bonds. The summed E-state index contributed by atoms with van der Waals surface area (Å²) in [5, 5.41) is 0. The molecule has 0 heterocycles. The standard InChI is InChI=1S/C24H54N2S2.2HI/c1-7-9-11-13-15-17-19-25(3,4)21-23-27-28-24-22-26(5,6)20-18-16-14-12-10-8-2;;/h7-24H2,1-6H3;2*1H/q+2;;. The molecule has 0 N–H and O–H groups in total. The van der Waals surface area contributed by atoms with Gasteiger partial charge in [-0.1, -0.05) is 86.8 Å². The third-order valence-electron chi connectivity index (χ3n) is 5.88. The van der Waals surface area contributed by atoms with Crippen LogP contribution in [0.25, 0.3) is 0 Å². The molecule has 186 valence electrons. The first-order chi connectivity index (χ1) is 13.3. The Labute approximate surface area is 233 Å². The fourth-order valence-electron chi connectivity index (χ4n) is 3.55. The molecule has 2 nitrogen and oxygen atoms in total. The monoisotopic (exact) mass is 690 g/mol. The summed E-state index contributed by atoms with van der Waals surface area (Å²) in [7, 11) is 13.9. The average molecular weight is 691 g/mol. The summed E-state index contributed by atoms with van der Waals surface area (Å²) < 4.78 is 2.39. The van der Waals surface area contributed by atoms with Crippen LogP contribution in [0.4, 0.5) is 0 Å². The largest absolute Gasteiger partial charge is 0.328 e. The van der Waals surface area contributed by atoms with Crippen LogP contribution in [-0.2, 0) is 0 Å². The number of quaternary nitrogens is 2. The lowest BCUT2D eigenvalue weighted by Gasteiger charge is -2.30. The molecule has 0 spiro atoms. The highest BCUT2D eigenvalue weighted by molar-refractivity contribution is 14.0. The van der Waals surface area contributed by atoms with Gasteiger partial charge in [-0.05, 0) is 25.7 Å². The smallest absolute Gasteiger partial charge is 0.0882 e. The highest BCUT2D eigenvalue weighted by Crippen LogP contribution is 2.23. The second kappa shape index (κ2) is 24.2. The van der Waals surface area contributed by atoms with E-state index in [1.54, 1.807) is 0 Å². The van der Waals surface area contributed by atoms with Crippen molar-refractivity contribution in [3.8, 4) is 0 Å². The molecule has 6 heteroatoms. The third-order valence-corrected chi connectivity index (χ3v) is 8.24. The molecule has 0 fully saturated rings. The Hall–Kier alpha value is 2.08. The fourth-order valence-corrected chi connectivity index (χ4v) is 6.08. The van der Waals surface area contributed by atoms with Crippen LogP contribution in [0, 0.1) is 0 Å². The maximum absolute atomic E-state index is 2.41. The molecule has 0 aliphatic carbocycles. The summed E-state index contributed by atoms with van der Waals surface area (Å²) in [4.78, 5) is 0. The van der Waals surface area contributed by atoms with Gasteiger partial charge in [0.25, 0.3) is 0 Å². The van der Waals surface area contributed by atoms with E-state index < -0.39 is 0 Å². The van der Waals surface area contributed by atoms with Crippen molar-refractivity contribution < 1.29 is 8.97 Å². The van der Waals surface area contributed by atoms with E-state index in [-0.39, 0.29) is 48.0 Å². The summed E-state index contributed by atoms with van der Waals surface area (Å²) in [5.74, 6) is 2.58. The van der Waals surface area contributed by atoms with E-state index in [1.165, 1.54) is 124 Å². The van der Waals surface area contributed by atoms with Gasteiger partial charge >= 0.3 is 0 Å². The predicted molar refractivity (Wildman–Crippen MR) is 166 cm³/mol. The normalized spacial score (nSPS) is 11.8. The Morgan fingerprint density at radius 2 is 0.733 bits per heavy atom. The average Bonchev–Trinajstić information content (AvgIpc) is 2.64. The minimum absolute atomic E-state index is 0. The van der Waals surface area contributed by atoms with E-state index in [1.807, 2.05) is 0 Å². The fraction of sp³-hybridized carbons (Fsp3) is 1.00. The van der Waals surface area contributed by atoms with E-state index in [0.717, 1.165) is 0 Å². The summed E-state index contributed by atoms with van der Waals surface area (Å²) in [6, 6.07) is 0. The molecule has 0 atom stereocenters. The molecule has 0 aromatic rings. The Balaban J connectivity index is -0.00000364. The maximum atomic E-state index is 2.41. The van der Waals surface area contributed by atoms with Crippen molar-refractivity contribution >= 4 is 69.5 Å². The van der Waals surface area contributed by atoms with Crippen LogP contribution in [0.1, 0.15) is 90.9 Å². The van der Waals surface area contributed by atoms with Crippen molar-refractivity contribution in [1.82, 2.24) is 0 Å². The lowest BCUT2D eigenvalue weighted by Crippen LogP contribution is -2.42. The molecule has 0 radical (unpaired) electrons. The lowest BCUT2D eigenvalue weighted by molar-refractivity contribution is -0.888. The molecule has 30 heavy (non-hydrogen) atoms. The SMILES string of the molecule is CCCCCCCC[N+](C)(C)CCSSCC[N+](C)(C)CCCCCCCC.I.I. The number of rotatable bonds is 21. The van der Waals surface area contributed by atoms with Gasteiger partial charge in [0.1, 0.15) is 0 Å². The molecular weight excluding hydrogens is 634 g/mol. The topological polar surface area (TPSA) is 0 Å². The zero-order valence-electron chi connectivity index (χ0n) is 21.3. The Morgan fingerprint density at radius 3 is 1.07 bits per heavy atom. The Bertz CT molecular complexity index is 311. The van der Waals surface area contributed by atoms with E-state index in [0.29, 0.717) is 0 Å². The van der Waals surface area contributed by atoms with Gasteiger partial charge in [-0.3, -0.25) is 0 Å². The van der Waals surface area contributed by atoms with Gasteiger partial charge < -0.3 is 8.97 Å². The zero-order chi connectivity index (χ0) is 21.1. The molecule has 0 unspecified atom stereocenters. The van der Waals surface area contributed by atoms with Gasteiger partial charge in [0.15, 0.2) is 0 Å². The van der Waals surface area contributed by atoms with Gasteiger partial charge in [-0.25, -0.2) is 0 Å². The van der Waals surface area contributed by atoms with Gasteiger partial charge in [0.05, 0.1) is 65.9 Å². The molecule has 0 aliphatic heterocycles. The second-order valence-electron chi connectivity index (χ2n) is 9.95. The number of hydrogen-bond acceptors (Lipinski definition) is 2. The van der Waals surface area contributed by atoms with E-state index in [4.69, 9.17) is 0 Å². The van der Waals surface area contributed by atoms with Crippen LogP contribution in [0.2, 0.25) is 0 Å². The molecule has 0 aromatic heterocycles. The number of hydrogen-bond donors (Lipinski definition) is 0. The van der Waals surface area contributed by atoms with Crippen molar-refractivity contribution in [2.45, 2.75) is 90.9 Å². The van der Waals surface area contributed by atoms with Gasteiger partial charge in [-0.2, -0.15) is 0 Å². The molecule has 0 aliphatic rings. The van der Waals surface area contributed by atoms with E-state index in [2.05, 4.69) is 63.6 Å². The molecule has 0 saturated carbocycles. The Kier molecular flexibility index (Phi) is 29.6. The summed E-state index contributed by atoms with van der Waals surface area (Å²) in [6.45, 7) is 9.90. The van der Waals surface area contributed by atoms with Crippen molar-refractivity contribution in [1.29, 1.82) is 0 Å². The summed E-state index contributed by atoms with van der Waals surface area (Å²) >= 11 is 0. The van der Waals surface area contributed by atoms with Crippen LogP contribution in [0.15, 0.2) is 0 Å². The maximum Gasteiger partial charge on any atom is 0.0882 e. The van der Waals surface area contributed by atoms with Gasteiger partial charge in [0.2, 0.25) is 0 Å². The highest BCUT2D eigenvalue weighted by Gasteiger charge is 2.16. The number of halogens is 2. The molecular formula is C24H56I2N2S2+2. The van der Waals surface area contributed by atoms with Crippen molar-refractivity contribution in [3.05, 3.63) is 0 Å². The molecule has 0 aromatic carbocycles. The quantitative estimate of drug-likeness (QED) is 0.0513. The summed E-state index contributed by atoms with van der Waals surface area (Å²) in [5.41, 5.74) is 0. The lowest BCUT2D eigenvalue weighted by atomic mass is 10.1.